The van der Waals surface area contributed by atoms with Gasteiger partial charge in [0, 0.05) is 21.2 Å². The predicted octanol–water partition coefficient (Wildman–Crippen LogP) is 6.73. The number of benzene rings is 3. The van der Waals surface area contributed by atoms with E-state index >= 15 is 0 Å². The first-order valence-electron chi connectivity index (χ1n) is 9.00. The van der Waals surface area contributed by atoms with Crippen LogP contribution >= 0.6 is 47.2 Å². The average molecular weight is 472 g/mol. The lowest BCUT2D eigenvalue weighted by Gasteiger charge is -2.13. The van der Waals surface area contributed by atoms with E-state index in [1.165, 1.54) is 11.8 Å². The molecule has 0 spiro atoms. The van der Waals surface area contributed by atoms with Gasteiger partial charge in [-0.3, -0.25) is 4.79 Å². The first kappa shape index (κ1) is 20.9. The molecule has 1 fully saturated rings. The molecule has 1 aliphatic rings. The zero-order chi connectivity index (χ0) is 21.1. The molecule has 150 valence electrons. The molecule has 3 nitrogen and oxygen atoms in total. The quantitative estimate of drug-likeness (QED) is 0.330. The molecular formula is C23H15Cl2NO2S2. The number of halogens is 2. The van der Waals surface area contributed by atoms with Crippen LogP contribution in [0.25, 0.3) is 17.2 Å². The number of nitrogens with one attached hydrogen (secondary N) is 1. The number of carbonyl (C=O) groups excluding carboxylic acids is 1. The van der Waals surface area contributed by atoms with Crippen molar-refractivity contribution in [2.24, 2.45) is 0 Å². The molecule has 0 aliphatic carbocycles. The van der Waals surface area contributed by atoms with Gasteiger partial charge in [0.05, 0.1) is 4.91 Å². The minimum Gasteiger partial charge on any atom is -0.488 e. The molecule has 0 saturated carbocycles. The largest absolute Gasteiger partial charge is 0.488 e. The molecule has 30 heavy (non-hydrogen) atoms. The molecule has 1 N–H and O–H groups in total. The van der Waals surface area contributed by atoms with Crippen molar-refractivity contribution in [3.63, 3.8) is 0 Å². The fourth-order valence-corrected chi connectivity index (χ4v) is 4.53. The molecule has 7 heteroatoms. The van der Waals surface area contributed by atoms with Gasteiger partial charge >= 0.3 is 0 Å². The Morgan fingerprint density at radius 1 is 1.03 bits per heavy atom. The first-order chi connectivity index (χ1) is 14.5. The van der Waals surface area contributed by atoms with Gasteiger partial charge in [-0.2, -0.15) is 0 Å². The Kier molecular flexibility index (Phi) is 6.44. The zero-order valence-corrected chi connectivity index (χ0v) is 18.7. The number of thiocarbonyl (C=S) groups is 1. The number of ether oxygens (including phenoxy) is 1. The Morgan fingerprint density at radius 3 is 2.53 bits per heavy atom. The molecule has 0 radical (unpaired) electrons. The molecule has 0 unspecified atom stereocenters. The van der Waals surface area contributed by atoms with Crippen LogP contribution in [0.5, 0.6) is 5.75 Å². The topological polar surface area (TPSA) is 38.3 Å². The summed E-state index contributed by atoms with van der Waals surface area (Å²) in [6, 6.07) is 21.0. The first-order valence-corrected chi connectivity index (χ1v) is 11.0. The van der Waals surface area contributed by atoms with Crippen molar-refractivity contribution in [1.29, 1.82) is 0 Å². The molecule has 1 saturated heterocycles. The predicted molar refractivity (Wildman–Crippen MR) is 129 cm³/mol. The summed E-state index contributed by atoms with van der Waals surface area (Å²) in [5.74, 6) is 0.445. The van der Waals surface area contributed by atoms with Crippen molar-refractivity contribution in [1.82, 2.24) is 5.32 Å². The number of carbonyl (C=O) groups is 1. The van der Waals surface area contributed by atoms with Crippen LogP contribution in [-0.4, -0.2) is 10.2 Å². The van der Waals surface area contributed by atoms with Crippen LogP contribution in [0, 0.1) is 0 Å². The normalized spacial score (nSPS) is 14.8. The Hall–Kier alpha value is -2.31. The summed E-state index contributed by atoms with van der Waals surface area (Å²) in [6.45, 7) is 0.413. The van der Waals surface area contributed by atoms with Crippen LogP contribution in [0.3, 0.4) is 0 Å². The van der Waals surface area contributed by atoms with E-state index in [0.29, 0.717) is 31.6 Å². The molecule has 0 aromatic heterocycles. The van der Waals surface area contributed by atoms with Crippen molar-refractivity contribution >= 4 is 63.5 Å². The lowest BCUT2D eigenvalue weighted by Crippen LogP contribution is -2.17. The summed E-state index contributed by atoms with van der Waals surface area (Å²) in [5.41, 5.74) is 3.54. The lowest BCUT2D eigenvalue weighted by atomic mass is 10.0. The molecule has 1 heterocycles. The van der Waals surface area contributed by atoms with Crippen molar-refractivity contribution in [3.8, 4) is 16.9 Å². The summed E-state index contributed by atoms with van der Waals surface area (Å²) in [7, 11) is 0. The molecule has 0 bridgehead atoms. The highest BCUT2D eigenvalue weighted by atomic mass is 35.5. The average Bonchev–Trinajstić information content (AvgIpc) is 3.04. The highest BCUT2D eigenvalue weighted by Gasteiger charge is 2.23. The number of hydrogen-bond donors (Lipinski definition) is 1. The smallest absolute Gasteiger partial charge is 0.263 e. The Balaban J connectivity index is 1.72. The van der Waals surface area contributed by atoms with Crippen LogP contribution < -0.4 is 10.1 Å². The van der Waals surface area contributed by atoms with E-state index in [9.17, 15) is 4.79 Å². The number of amides is 1. The van der Waals surface area contributed by atoms with Crippen molar-refractivity contribution in [2.45, 2.75) is 6.61 Å². The summed E-state index contributed by atoms with van der Waals surface area (Å²) in [4.78, 5) is 12.7. The third-order valence-corrected chi connectivity index (χ3v) is 6.13. The van der Waals surface area contributed by atoms with Gasteiger partial charge in [0.25, 0.3) is 5.91 Å². The number of hydrogen-bond acceptors (Lipinski definition) is 4. The van der Waals surface area contributed by atoms with E-state index < -0.39 is 0 Å². The summed E-state index contributed by atoms with van der Waals surface area (Å²) in [6.07, 6.45) is 1.78. The minimum absolute atomic E-state index is 0.214. The highest BCUT2D eigenvalue weighted by molar-refractivity contribution is 8.26. The summed E-state index contributed by atoms with van der Waals surface area (Å²) >= 11 is 18.8. The maximum atomic E-state index is 12.2. The Morgan fingerprint density at radius 2 is 1.83 bits per heavy atom. The van der Waals surface area contributed by atoms with Crippen molar-refractivity contribution in [3.05, 3.63) is 92.8 Å². The number of rotatable bonds is 5. The third-order valence-electron chi connectivity index (χ3n) is 4.42. The molecule has 0 atom stereocenters. The van der Waals surface area contributed by atoms with Crippen LogP contribution in [0.15, 0.2) is 71.6 Å². The maximum absolute atomic E-state index is 12.2. The van der Waals surface area contributed by atoms with Crippen molar-refractivity contribution in [2.75, 3.05) is 0 Å². The number of thioether (sulfide) groups is 1. The maximum Gasteiger partial charge on any atom is 0.263 e. The second-order valence-corrected chi connectivity index (χ2v) is 9.07. The van der Waals surface area contributed by atoms with Crippen molar-refractivity contribution < 1.29 is 9.53 Å². The Labute approximate surface area is 194 Å². The molecule has 1 aliphatic heterocycles. The Bertz CT molecular complexity index is 1160. The van der Waals surface area contributed by atoms with Gasteiger partial charge in [-0.1, -0.05) is 89.6 Å². The van der Waals surface area contributed by atoms with Gasteiger partial charge in [-0.15, -0.1) is 0 Å². The highest BCUT2D eigenvalue weighted by Crippen LogP contribution is 2.35. The van der Waals surface area contributed by atoms with Gasteiger partial charge in [0.15, 0.2) is 0 Å². The van der Waals surface area contributed by atoms with Crippen LogP contribution in [0.2, 0.25) is 10.0 Å². The lowest BCUT2D eigenvalue weighted by molar-refractivity contribution is -0.115. The summed E-state index contributed by atoms with van der Waals surface area (Å²) in [5, 5.41) is 3.76. The fraction of sp³-hybridized carbons (Fsp3) is 0.0435. The van der Waals surface area contributed by atoms with Gasteiger partial charge in [-0.25, -0.2) is 0 Å². The summed E-state index contributed by atoms with van der Waals surface area (Å²) < 4.78 is 6.50. The SMILES string of the molecule is O=C1NC(=S)SC1=Cc1cc(-c2ccc(Cl)cc2Cl)ccc1OCc1ccccc1. The van der Waals surface area contributed by atoms with Gasteiger partial charge in [0.2, 0.25) is 0 Å². The van der Waals surface area contributed by atoms with Gasteiger partial charge < -0.3 is 10.1 Å². The van der Waals surface area contributed by atoms with E-state index in [1.54, 1.807) is 18.2 Å². The second-order valence-electron chi connectivity index (χ2n) is 6.50. The molecule has 4 rings (SSSR count). The monoisotopic (exact) mass is 471 g/mol. The second kappa shape index (κ2) is 9.23. The molecule has 3 aromatic carbocycles. The van der Waals surface area contributed by atoms with E-state index in [-0.39, 0.29) is 5.91 Å². The zero-order valence-electron chi connectivity index (χ0n) is 15.5. The standard InChI is InChI=1S/C23H15Cl2NO2S2/c24-17-7-8-18(19(25)12-17)15-6-9-20(28-13-14-4-2-1-3-5-14)16(10-15)11-21-22(27)26-23(29)30-21/h1-12H,13H2,(H,26,27,29). The van der Waals surface area contributed by atoms with Gasteiger partial charge in [0.1, 0.15) is 16.7 Å². The van der Waals surface area contributed by atoms with Crippen LogP contribution in [0.1, 0.15) is 11.1 Å². The third kappa shape index (κ3) is 4.87. The van der Waals surface area contributed by atoms with E-state index in [2.05, 4.69) is 5.32 Å². The molecule has 1 amide bonds. The van der Waals surface area contributed by atoms with Gasteiger partial charge in [-0.05, 0) is 41.5 Å². The molecular weight excluding hydrogens is 457 g/mol. The van der Waals surface area contributed by atoms with Crippen LogP contribution in [0.4, 0.5) is 0 Å². The fourth-order valence-electron chi connectivity index (χ4n) is 2.98. The molecule has 3 aromatic rings. The van der Waals surface area contributed by atoms with E-state index in [1.807, 2.05) is 54.6 Å². The van der Waals surface area contributed by atoms with Crippen LogP contribution in [-0.2, 0) is 11.4 Å². The van der Waals surface area contributed by atoms with E-state index in [4.69, 9.17) is 40.2 Å². The van der Waals surface area contributed by atoms with E-state index in [0.717, 1.165) is 22.3 Å². The minimum atomic E-state index is -0.214.